The molecule has 46 valence electrons. The summed E-state index contributed by atoms with van der Waals surface area (Å²) in [7, 11) is 0. The van der Waals surface area contributed by atoms with Crippen molar-refractivity contribution in [3.63, 3.8) is 0 Å². The van der Waals surface area contributed by atoms with Gasteiger partial charge in [-0.25, -0.2) is 5.10 Å². The molecule has 0 fully saturated rings. The number of rotatable bonds is 0. The molecule has 0 aliphatic heterocycles. The van der Waals surface area contributed by atoms with Crippen molar-refractivity contribution in [2.24, 2.45) is 0 Å². The van der Waals surface area contributed by atoms with E-state index in [1.54, 1.807) is 12.3 Å². The number of H-pyrrole nitrogens is 1. The van der Waals surface area contributed by atoms with Gasteiger partial charge in [0.2, 0.25) is 0 Å². The zero-order chi connectivity index (χ0) is 5.11. The van der Waals surface area contributed by atoms with Gasteiger partial charge in [-0.1, -0.05) is 17.4 Å². The molecular weight excluding hydrogens is 169 g/mol. The van der Waals surface area contributed by atoms with Gasteiger partial charge in [0.1, 0.15) is 4.64 Å². The molecule has 0 aliphatic rings. The second-order valence-electron chi connectivity index (χ2n) is 1.01. The number of nitrogens with zero attached hydrogens (tertiary/aromatic N) is 2. The molecule has 1 aromatic heterocycles. The first kappa shape index (κ1) is 7.72. The van der Waals surface area contributed by atoms with Crippen molar-refractivity contribution in [1.82, 2.24) is 15.4 Å². The van der Waals surface area contributed by atoms with E-state index in [9.17, 15) is 0 Å². The summed E-state index contributed by atoms with van der Waals surface area (Å²) in [5.74, 6) is 0. The van der Waals surface area contributed by atoms with E-state index in [1.807, 2.05) is 0 Å². The fraction of sp³-hybridized carbons (Fsp3) is 0. The molecule has 5 heteroatoms. The smallest absolute Gasteiger partial charge is 0.122 e. The van der Waals surface area contributed by atoms with Crippen LogP contribution in [0, 0.1) is 4.64 Å². The fourth-order valence-electron chi connectivity index (χ4n) is 0.250. The average molecular weight is 172 g/mol. The molecule has 0 bridgehead atoms. The molecule has 0 unspecified atom stereocenters. The standard InChI is InChI=1S/C3H3N3S.Ni/c7-3-1-2-4-6-5-3;/h1-2H,(H,4,5,7);. The number of hydrogen-bond acceptors (Lipinski definition) is 3. The van der Waals surface area contributed by atoms with Crippen LogP contribution in [0.15, 0.2) is 12.3 Å². The van der Waals surface area contributed by atoms with Gasteiger partial charge in [-0.05, 0) is 6.07 Å². The molecule has 0 spiro atoms. The molecule has 0 atom stereocenters. The third-order valence-corrected chi connectivity index (χ3v) is 0.738. The predicted octanol–water partition coefficient (Wildman–Crippen LogP) is 0.532. The van der Waals surface area contributed by atoms with Crippen LogP contribution in [0.4, 0.5) is 0 Å². The molecule has 1 aromatic rings. The normalized spacial score (nSPS) is 7.50. The van der Waals surface area contributed by atoms with Gasteiger partial charge >= 0.3 is 0 Å². The van der Waals surface area contributed by atoms with E-state index >= 15 is 0 Å². The molecule has 0 saturated carbocycles. The Hall–Kier alpha value is -0.276. The summed E-state index contributed by atoms with van der Waals surface area (Å²) in [5, 5.41) is 9.36. The van der Waals surface area contributed by atoms with Crippen LogP contribution in [0.1, 0.15) is 0 Å². The van der Waals surface area contributed by atoms with Gasteiger partial charge in [-0.3, -0.25) is 0 Å². The van der Waals surface area contributed by atoms with E-state index in [2.05, 4.69) is 27.6 Å². The molecule has 0 aromatic carbocycles. The topological polar surface area (TPSA) is 41.6 Å². The van der Waals surface area contributed by atoms with Gasteiger partial charge < -0.3 is 0 Å². The third kappa shape index (κ3) is 2.14. The summed E-state index contributed by atoms with van der Waals surface area (Å²) in [5.41, 5.74) is 0. The monoisotopic (exact) mass is 171 g/mol. The molecule has 1 rings (SSSR count). The zero-order valence-electron chi connectivity index (χ0n) is 3.77. The zero-order valence-corrected chi connectivity index (χ0v) is 5.58. The summed E-state index contributed by atoms with van der Waals surface area (Å²) < 4.78 is 0.606. The SMILES string of the molecule is S=c1ccnn[nH]1.[Ni]. The first-order valence-corrected chi connectivity index (χ1v) is 2.17. The molecular formula is C3H3N3NiS. The maximum absolute atomic E-state index is 4.65. The van der Waals surface area contributed by atoms with E-state index in [4.69, 9.17) is 0 Å². The van der Waals surface area contributed by atoms with Crippen molar-refractivity contribution < 1.29 is 16.5 Å². The fourth-order valence-corrected chi connectivity index (χ4v) is 0.351. The van der Waals surface area contributed by atoms with E-state index < -0.39 is 0 Å². The molecule has 8 heavy (non-hydrogen) atoms. The largest absolute Gasteiger partial charge is 0.249 e. The van der Waals surface area contributed by atoms with E-state index in [0.29, 0.717) is 4.64 Å². The number of aromatic amines is 1. The van der Waals surface area contributed by atoms with Crippen molar-refractivity contribution in [1.29, 1.82) is 0 Å². The van der Waals surface area contributed by atoms with Crippen LogP contribution in [0.3, 0.4) is 0 Å². The second kappa shape index (κ2) is 3.69. The van der Waals surface area contributed by atoms with Gasteiger partial charge in [-0.2, -0.15) is 0 Å². The minimum absolute atomic E-state index is 0. The van der Waals surface area contributed by atoms with Crippen LogP contribution < -0.4 is 0 Å². The summed E-state index contributed by atoms with van der Waals surface area (Å²) >= 11 is 4.65. The number of hydrogen-bond donors (Lipinski definition) is 1. The van der Waals surface area contributed by atoms with Crippen LogP contribution in [0.25, 0.3) is 0 Å². The minimum Gasteiger partial charge on any atom is -0.249 e. The van der Waals surface area contributed by atoms with Crippen molar-refractivity contribution in [2.45, 2.75) is 0 Å². The Morgan fingerprint density at radius 1 is 1.62 bits per heavy atom. The van der Waals surface area contributed by atoms with E-state index in [0.717, 1.165) is 0 Å². The van der Waals surface area contributed by atoms with Crippen LogP contribution in [-0.4, -0.2) is 15.4 Å². The second-order valence-corrected chi connectivity index (χ2v) is 1.45. The van der Waals surface area contributed by atoms with E-state index in [1.165, 1.54) is 0 Å². The van der Waals surface area contributed by atoms with Crippen LogP contribution in [0.2, 0.25) is 0 Å². The molecule has 1 N–H and O–H groups in total. The maximum Gasteiger partial charge on any atom is 0.122 e. The molecule has 1 heterocycles. The first-order valence-electron chi connectivity index (χ1n) is 1.76. The first-order chi connectivity index (χ1) is 3.39. The van der Waals surface area contributed by atoms with Gasteiger partial charge in [0, 0.05) is 16.5 Å². The Kier molecular flexibility index (Phi) is 3.56. The summed E-state index contributed by atoms with van der Waals surface area (Å²) in [4.78, 5) is 0. The van der Waals surface area contributed by atoms with Crippen LogP contribution in [0.5, 0.6) is 0 Å². The van der Waals surface area contributed by atoms with Crippen LogP contribution in [-0.2, 0) is 16.5 Å². The predicted molar refractivity (Wildman–Crippen MR) is 27.2 cm³/mol. The Morgan fingerprint density at radius 2 is 2.38 bits per heavy atom. The Bertz CT molecular complexity index is 180. The summed E-state index contributed by atoms with van der Waals surface area (Å²) in [6, 6.07) is 1.67. The minimum atomic E-state index is 0. The van der Waals surface area contributed by atoms with Crippen molar-refractivity contribution in [2.75, 3.05) is 0 Å². The van der Waals surface area contributed by atoms with Crippen molar-refractivity contribution in [3.05, 3.63) is 16.9 Å². The Morgan fingerprint density at radius 3 is 2.62 bits per heavy atom. The van der Waals surface area contributed by atoms with E-state index in [-0.39, 0.29) is 16.5 Å². The quantitative estimate of drug-likeness (QED) is 0.458. The molecule has 3 nitrogen and oxygen atoms in total. The molecule has 0 aliphatic carbocycles. The Labute approximate surface area is 61.4 Å². The van der Waals surface area contributed by atoms with Crippen molar-refractivity contribution >= 4 is 12.2 Å². The van der Waals surface area contributed by atoms with Gasteiger partial charge in [0.25, 0.3) is 0 Å². The molecule has 0 saturated heterocycles. The van der Waals surface area contributed by atoms with Gasteiger partial charge in [0.05, 0.1) is 6.20 Å². The summed E-state index contributed by atoms with van der Waals surface area (Å²) in [6.45, 7) is 0. The van der Waals surface area contributed by atoms with Gasteiger partial charge in [0.15, 0.2) is 0 Å². The molecule has 0 radical (unpaired) electrons. The average Bonchev–Trinajstić information content (AvgIpc) is 1.69. The molecule has 0 amide bonds. The number of nitrogens with one attached hydrogen (secondary N) is 1. The number of aromatic nitrogens is 3. The maximum atomic E-state index is 4.65. The van der Waals surface area contributed by atoms with Crippen LogP contribution >= 0.6 is 12.2 Å². The Balaban J connectivity index is 0.000000490. The summed E-state index contributed by atoms with van der Waals surface area (Å²) in [6.07, 6.45) is 1.54. The van der Waals surface area contributed by atoms with Crippen molar-refractivity contribution in [3.8, 4) is 0 Å². The third-order valence-electron chi connectivity index (χ3n) is 0.511. The van der Waals surface area contributed by atoms with Gasteiger partial charge in [-0.15, -0.1) is 5.10 Å².